The van der Waals surface area contributed by atoms with Crippen LogP contribution >= 0.6 is 0 Å². The Hall–Kier alpha value is -2.68. The van der Waals surface area contributed by atoms with Crippen molar-refractivity contribution in [1.82, 2.24) is 0 Å². The molecule has 0 atom stereocenters. The minimum atomic E-state index is -4.67. The smallest absolute Gasteiger partial charge is 0.493 e. The summed E-state index contributed by atoms with van der Waals surface area (Å²) in [6.45, 7) is 8.86. The van der Waals surface area contributed by atoms with Crippen molar-refractivity contribution in [2.75, 3.05) is 13.2 Å². The van der Waals surface area contributed by atoms with Gasteiger partial charge in [0.1, 0.15) is 11.5 Å². The van der Waals surface area contributed by atoms with Crippen molar-refractivity contribution in [3.05, 3.63) is 53.1 Å². The van der Waals surface area contributed by atoms with Crippen LogP contribution in [0.1, 0.15) is 141 Å². The summed E-state index contributed by atoms with van der Waals surface area (Å²) in [6.07, 6.45) is 21.6. The molecule has 47 heavy (non-hydrogen) atoms. The van der Waals surface area contributed by atoms with Crippen LogP contribution in [0.2, 0.25) is 0 Å². The number of sulfone groups is 2. The van der Waals surface area contributed by atoms with Gasteiger partial charge in [0.2, 0.25) is 0 Å². The summed E-state index contributed by atoms with van der Waals surface area (Å²) in [6, 6.07) is 8.28. The summed E-state index contributed by atoms with van der Waals surface area (Å²) in [5, 5.41) is 0. The number of benzene rings is 2. The number of hydrogen-bond donors (Lipinski definition) is 0. The second-order valence-corrected chi connectivity index (χ2v) is 16.6. The zero-order valence-electron chi connectivity index (χ0n) is 29.3. The van der Waals surface area contributed by atoms with Gasteiger partial charge in [-0.15, -0.1) is 4.79 Å². The molecule has 0 saturated carbocycles. The molecule has 0 aromatic heterocycles. The van der Waals surface area contributed by atoms with Gasteiger partial charge in [0.05, 0.1) is 23.0 Å². The van der Waals surface area contributed by atoms with E-state index < -0.39 is 24.1 Å². The topological polar surface area (TPSA) is 123 Å². The fourth-order valence-electron chi connectivity index (χ4n) is 5.55. The van der Waals surface area contributed by atoms with E-state index >= 15 is 0 Å². The molecule has 2 aromatic rings. The van der Waals surface area contributed by atoms with Gasteiger partial charge in [-0.2, -0.15) is 0 Å². The number of ether oxygens (including phenoxy) is 2. The van der Waals surface area contributed by atoms with Crippen molar-refractivity contribution < 1.29 is 31.1 Å². The Morgan fingerprint density at radius 3 is 1.17 bits per heavy atom. The highest BCUT2D eigenvalue weighted by molar-refractivity contribution is 8.31. The molecule has 264 valence electrons. The summed E-state index contributed by atoms with van der Waals surface area (Å²) in [7, 11) is -9.34. The average Bonchev–Trinajstić information content (AvgIpc) is 3.04. The van der Waals surface area contributed by atoms with Crippen LogP contribution in [-0.2, 0) is 19.7 Å². The molecule has 0 unspecified atom stereocenters. The van der Waals surface area contributed by atoms with Gasteiger partial charge in [-0.25, -0.2) is 16.8 Å². The SMILES string of the molecule is CCCCCCCCCCCOc1ccc(S(=O)(=O)C(=[N+]=[N-])S(=O)(=O)c2ccc(OCCCCCCCCCCC)c(C)c2)cc1C. The molecule has 0 N–H and O–H groups in total. The number of unbranched alkanes of at least 4 members (excludes halogenated alkanes) is 16. The Balaban J connectivity index is 1.93. The summed E-state index contributed by atoms with van der Waals surface area (Å²) in [5.41, 5.74) is 10.8. The van der Waals surface area contributed by atoms with Gasteiger partial charge in [-0.05, 0) is 74.2 Å². The first-order valence-corrected chi connectivity index (χ1v) is 20.7. The molecule has 0 radical (unpaired) electrons. The summed E-state index contributed by atoms with van der Waals surface area (Å²) in [4.78, 5) is 2.19. The molecule has 0 aliphatic heterocycles. The highest BCUT2D eigenvalue weighted by Crippen LogP contribution is 2.28. The standard InChI is InChI=1S/C37H58N2O6S2/c1-5-7-9-11-13-15-17-19-21-27-44-35-25-23-33(29-31(35)3)46(40,41)37(39-38)47(42,43)34-24-26-36(32(4)30-34)45-28-22-20-18-16-14-12-10-8-6-2/h23-26,29-30H,5-22,27-28H2,1-4H3. The quantitative estimate of drug-likeness (QED) is 0.0355. The van der Waals surface area contributed by atoms with E-state index in [1.54, 1.807) is 13.8 Å². The Bertz CT molecular complexity index is 1380. The second kappa shape index (κ2) is 22.0. The van der Waals surface area contributed by atoms with Gasteiger partial charge >= 0.3 is 4.38 Å². The molecule has 0 amide bonds. The lowest BCUT2D eigenvalue weighted by atomic mass is 10.1. The lowest BCUT2D eigenvalue weighted by Crippen LogP contribution is -2.26. The Kier molecular flexibility index (Phi) is 19.0. The predicted octanol–water partition coefficient (Wildman–Crippen LogP) is 9.96. The Morgan fingerprint density at radius 2 is 0.872 bits per heavy atom. The average molecular weight is 691 g/mol. The van der Waals surface area contributed by atoms with Crippen LogP contribution < -0.4 is 9.47 Å². The maximum Gasteiger partial charge on any atom is 0.504 e. The highest BCUT2D eigenvalue weighted by Gasteiger charge is 2.44. The van der Waals surface area contributed by atoms with Crippen LogP contribution in [0.15, 0.2) is 46.2 Å². The molecule has 8 nitrogen and oxygen atoms in total. The predicted molar refractivity (Wildman–Crippen MR) is 191 cm³/mol. The number of aryl methyl sites for hydroxylation is 2. The second-order valence-electron chi connectivity index (χ2n) is 12.6. The summed E-state index contributed by atoms with van der Waals surface area (Å²) >= 11 is 0. The van der Waals surface area contributed by atoms with Crippen LogP contribution in [0.3, 0.4) is 0 Å². The molecule has 10 heteroatoms. The molecule has 0 aliphatic rings. The lowest BCUT2D eigenvalue weighted by molar-refractivity contribution is 0.00380. The van der Waals surface area contributed by atoms with E-state index in [-0.39, 0.29) is 9.79 Å². The first-order valence-electron chi connectivity index (χ1n) is 17.8. The number of nitrogens with zero attached hydrogens (tertiary/aromatic N) is 2. The third-order valence-corrected chi connectivity index (χ3v) is 12.6. The van der Waals surface area contributed by atoms with Crippen molar-refractivity contribution in [3.8, 4) is 11.5 Å². The third kappa shape index (κ3) is 13.8. The zero-order valence-corrected chi connectivity index (χ0v) is 30.9. The summed E-state index contributed by atoms with van der Waals surface area (Å²) in [5.74, 6) is 1.06. The van der Waals surface area contributed by atoms with Crippen LogP contribution in [0.25, 0.3) is 5.53 Å². The normalized spacial score (nSPS) is 11.7. The van der Waals surface area contributed by atoms with E-state index in [1.165, 1.54) is 113 Å². The number of rotatable bonds is 24. The minimum Gasteiger partial charge on any atom is -0.493 e. The van der Waals surface area contributed by atoms with Crippen LogP contribution in [0.5, 0.6) is 11.5 Å². The van der Waals surface area contributed by atoms with Crippen molar-refractivity contribution in [1.29, 1.82) is 0 Å². The van der Waals surface area contributed by atoms with Gasteiger partial charge in [0, 0.05) is 0 Å². The van der Waals surface area contributed by atoms with E-state index in [0.29, 0.717) is 35.8 Å². The van der Waals surface area contributed by atoms with Gasteiger partial charge in [-0.1, -0.05) is 117 Å². The molecular weight excluding hydrogens is 633 g/mol. The minimum absolute atomic E-state index is 0.292. The largest absolute Gasteiger partial charge is 0.504 e. The number of hydrogen-bond acceptors (Lipinski definition) is 6. The van der Waals surface area contributed by atoms with Gasteiger partial charge in [0.25, 0.3) is 19.7 Å². The van der Waals surface area contributed by atoms with Crippen LogP contribution in [-0.4, -0.2) is 39.2 Å². The van der Waals surface area contributed by atoms with E-state index in [0.717, 1.165) is 38.5 Å². The molecule has 0 saturated heterocycles. The van der Waals surface area contributed by atoms with Crippen molar-refractivity contribution >= 4 is 24.1 Å². The molecule has 2 aromatic carbocycles. The Labute approximate surface area is 285 Å². The first kappa shape index (κ1) is 40.5. The fourth-order valence-corrected chi connectivity index (χ4v) is 9.05. The zero-order chi connectivity index (χ0) is 34.5. The lowest BCUT2D eigenvalue weighted by Gasteiger charge is -2.11. The maximum atomic E-state index is 13.4. The highest BCUT2D eigenvalue weighted by atomic mass is 32.3. The summed E-state index contributed by atoms with van der Waals surface area (Å²) < 4.78 is 64.1. The van der Waals surface area contributed by atoms with Crippen molar-refractivity contribution in [2.45, 2.75) is 153 Å². The molecule has 2 rings (SSSR count). The maximum absolute atomic E-state index is 13.4. The fraction of sp³-hybridized carbons (Fsp3) is 0.649. The van der Waals surface area contributed by atoms with Gasteiger partial charge in [0.15, 0.2) is 0 Å². The molecule has 0 bridgehead atoms. The first-order chi connectivity index (χ1) is 22.6. The van der Waals surface area contributed by atoms with Crippen molar-refractivity contribution in [3.63, 3.8) is 0 Å². The molecule has 0 spiro atoms. The van der Waals surface area contributed by atoms with E-state index in [4.69, 9.17) is 9.47 Å². The van der Waals surface area contributed by atoms with E-state index in [1.807, 2.05) is 0 Å². The van der Waals surface area contributed by atoms with Crippen molar-refractivity contribution in [2.24, 2.45) is 0 Å². The third-order valence-electron chi connectivity index (χ3n) is 8.47. The van der Waals surface area contributed by atoms with Gasteiger partial charge < -0.3 is 15.0 Å². The molecule has 0 heterocycles. The molecule has 0 fully saturated rings. The Morgan fingerprint density at radius 1 is 0.553 bits per heavy atom. The molecular formula is C37H58N2O6S2. The van der Waals surface area contributed by atoms with Crippen LogP contribution in [0.4, 0.5) is 0 Å². The monoisotopic (exact) mass is 690 g/mol. The van der Waals surface area contributed by atoms with Gasteiger partial charge in [-0.3, -0.25) is 0 Å². The van der Waals surface area contributed by atoms with E-state index in [2.05, 4.69) is 18.6 Å². The van der Waals surface area contributed by atoms with Crippen LogP contribution in [0, 0.1) is 13.8 Å². The molecule has 0 aliphatic carbocycles. The van der Waals surface area contributed by atoms with E-state index in [9.17, 15) is 22.4 Å².